The summed E-state index contributed by atoms with van der Waals surface area (Å²) in [6.45, 7) is 4.66. The lowest BCUT2D eigenvalue weighted by molar-refractivity contribution is -0.130. The van der Waals surface area contributed by atoms with Gasteiger partial charge in [-0.25, -0.2) is 0 Å². The number of carbonyl (C=O) groups is 1. The third-order valence-corrected chi connectivity index (χ3v) is 9.18. The standard InChI is InChI=1S/C26H31ClO2/c1-25-11-9-20(28)15-18(25)5-8-21-22(25)10-12-26(2)23(21)14-17(24(26)29)13-16-3-6-19(27)7-4-16/h3-7,13,20-23,28H,8-12,14-15H2,1-2H3/t20?,21-,22-,23+,25+,26+/m1/s1. The Bertz CT molecular complexity index is 898. The SMILES string of the molecule is C[C@]12CCC(O)CC1=CC[C@@H]1[C@H]2CC[C@]2(C)C(=O)C(=Cc3ccc(Cl)cc3)C[C@@H]12. The summed E-state index contributed by atoms with van der Waals surface area (Å²) in [5.41, 5.74) is 3.56. The van der Waals surface area contributed by atoms with Gasteiger partial charge in [0, 0.05) is 10.4 Å². The molecule has 0 amide bonds. The summed E-state index contributed by atoms with van der Waals surface area (Å²) in [6.07, 6.45) is 11.3. The number of hydrogen-bond acceptors (Lipinski definition) is 2. The Labute approximate surface area is 179 Å². The lowest BCUT2D eigenvalue weighted by Crippen LogP contribution is -2.50. The normalized spacial score (nSPS) is 42.8. The van der Waals surface area contributed by atoms with E-state index in [0.717, 1.165) is 61.1 Å². The van der Waals surface area contributed by atoms with Crippen LogP contribution in [0.25, 0.3) is 6.08 Å². The second-order valence-electron chi connectivity index (χ2n) is 10.4. The maximum absolute atomic E-state index is 13.5. The van der Waals surface area contributed by atoms with E-state index in [4.69, 9.17) is 11.6 Å². The van der Waals surface area contributed by atoms with E-state index >= 15 is 0 Å². The third-order valence-electron chi connectivity index (χ3n) is 8.93. The van der Waals surface area contributed by atoms with Crippen molar-refractivity contribution >= 4 is 23.5 Å². The van der Waals surface area contributed by atoms with Crippen molar-refractivity contribution in [1.82, 2.24) is 0 Å². The van der Waals surface area contributed by atoms with E-state index < -0.39 is 0 Å². The Morgan fingerprint density at radius 2 is 1.76 bits per heavy atom. The molecule has 0 aromatic heterocycles. The van der Waals surface area contributed by atoms with E-state index in [0.29, 0.717) is 23.5 Å². The monoisotopic (exact) mass is 410 g/mol. The van der Waals surface area contributed by atoms with Crippen LogP contribution in [-0.2, 0) is 4.79 Å². The highest BCUT2D eigenvalue weighted by atomic mass is 35.5. The first-order chi connectivity index (χ1) is 13.8. The van der Waals surface area contributed by atoms with Gasteiger partial charge in [0.2, 0.25) is 0 Å². The van der Waals surface area contributed by atoms with Crippen LogP contribution in [0, 0.1) is 28.6 Å². The van der Waals surface area contributed by atoms with Crippen LogP contribution < -0.4 is 0 Å². The van der Waals surface area contributed by atoms with Gasteiger partial charge >= 0.3 is 0 Å². The first-order valence-corrected chi connectivity index (χ1v) is 11.6. The Hall–Kier alpha value is -1.38. The van der Waals surface area contributed by atoms with Gasteiger partial charge in [0.1, 0.15) is 0 Å². The Kier molecular flexibility index (Phi) is 4.60. The smallest absolute Gasteiger partial charge is 0.165 e. The van der Waals surface area contributed by atoms with Crippen molar-refractivity contribution < 1.29 is 9.90 Å². The zero-order chi connectivity index (χ0) is 20.4. The maximum Gasteiger partial charge on any atom is 0.165 e. The Balaban J connectivity index is 1.47. The number of aliphatic hydroxyl groups excluding tert-OH is 1. The molecule has 0 spiro atoms. The fourth-order valence-electron chi connectivity index (χ4n) is 7.20. The van der Waals surface area contributed by atoms with Gasteiger partial charge in [-0.1, -0.05) is 49.2 Å². The highest BCUT2D eigenvalue weighted by Gasteiger charge is 2.59. The number of allylic oxidation sites excluding steroid dienone is 2. The first-order valence-electron chi connectivity index (χ1n) is 11.2. The van der Waals surface area contributed by atoms with Crippen LogP contribution in [0.3, 0.4) is 0 Å². The molecule has 6 atom stereocenters. The van der Waals surface area contributed by atoms with E-state index in [-0.39, 0.29) is 16.9 Å². The Morgan fingerprint density at radius 3 is 2.52 bits per heavy atom. The number of rotatable bonds is 1. The van der Waals surface area contributed by atoms with Gasteiger partial charge in [0.15, 0.2) is 5.78 Å². The molecule has 0 radical (unpaired) electrons. The quantitative estimate of drug-likeness (QED) is 0.440. The fourth-order valence-corrected chi connectivity index (χ4v) is 7.33. The van der Waals surface area contributed by atoms with Gasteiger partial charge in [0.25, 0.3) is 0 Å². The molecule has 1 aromatic rings. The molecule has 2 nitrogen and oxygen atoms in total. The van der Waals surface area contributed by atoms with Crippen molar-refractivity contribution in [3.63, 3.8) is 0 Å². The summed E-state index contributed by atoms with van der Waals surface area (Å²) in [4.78, 5) is 13.5. The van der Waals surface area contributed by atoms with Gasteiger partial charge in [-0.2, -0.15) is 0 Å². The van der Waals surface area contributed by atoms with Crippen LogP contribution in [0.4, 0.5) is 0 Å². The van der Waals surface area contributed by atoms with Gasteiger partial charge < -0.3 is 5.11 Å². The average Bonchev–Trinajstić information content (AvgIpc) is 2.95. The van der Waals surface area contributed by atoms with E-state index in [9.17, 15) is 9.90 Å². The van der Waals surface area contributed by atoms with Crippen molar-refractivity contribution in [3.05, 3.63) is 52.1 Å². The molecule has 4 aliphatic carbocycles. The predicted molar refractivity (Wildman–Crippen MR) is 118 cm³/mol. The lowest BCUT2D eigenvalue weighted by Gasteiger charge is -2.56. The predicted octanol–water partition coefficient (Wildman–Crippen LogP) is 6.23. The largest absolute Gasteiger partial charge is 0.393 e. The number of hydrogen-bond donors (Lipinski definition) is 1. The van der Waals surface area contributed by atoms with Crippen LogP contribution in [0.2, 0.25) is 5.02 Å². The van der Waals surface area contributed by atoms with Crippen LogP contribution in [0.15, 0.2) is 41.5 Å². The van der Waals surface area contributed by atoms with Crippen molar-refractivity contribution in [3.8, 4) is 0 Å². The van der Waals surface area contributed by atoms with Crippen LogP contribution in [-0.4, -0.2) is 17.0 Å². The molecule has 3 heteroatoms. The summed E-state index contributed by atoms with van der Waals surface area (Å²) >= 11 is 6.02. The van der Waals surface area contributed by atoms with Gasteiger partial charge in [-0.15, -0.1) is 0 Å². The minimum Gasteiger partial charge on any atom is -0.393 e. The topological polar surface area (TPSA) is 37.3 Å². The molecule has 1 N–H and O–H groups in total. The molecular formula is C26H31ClO2. The highest BCUT2D eigenvalue weighted by Crippen LogP contribution is 2.64. The molecule has 3 saturated carbocycles. The zero-order valence-corrected chi connectivity index (χ0v) is 18.2. The second-order valence-corrected chi connectivity index (χ2v) is 10.8. The molecule has 5 rings (SSSR count). The zero-order valence-electron chi connectivity index (χ0n) is 17.5. The average molecular weight is 411 g/mol. The van der Waals surface area contributed by atoms with Crippen LogP contribution in [0.1, 0.15) is 64.4 Å². The second kappa shape index (κ2) is 6.82. The fraction of sp³-hybridized carbons (Fsp3) is 0.577. The Morgan fingerprint density at radius 1 is 1.03 bits per heavy atom. The van der Waals surface area contributed by atoms with Crippen molar-refractivity contribution in [1.29, 1.82) is 0 Å². The summed E-state index contributed by atoms with van der Waals surface area (Å²) in [5.74, 6) is 2.04. The minimum absolute atomic E-state index is 0.165. The van der Waals surface area contributed by atoms with Crippen molar-refractivity contribution in [2.75, 3.05) is 0 Å². The molecule has 4 aliphatic rings. The van der Waals surface area contributed by atoms with Crippen molar-refractivity contribution in [2.24, 2.45) is 28.6 Å². The molecular weight excluding hydrogens is 380 g/mol. The van der Waals surface area contributed by atoms with E-state index in [2.05, 4.69) is 26.0 Å². The minimum atomic E-state index is -0.213. The molecule has 1 aromatic carbocycles. The number of Topliss-reactive ketones (excluding diaryl/α,β-unsaturated/α-hetero) is 1. The number of aliphatic hydroxyl groups is 1. The van der Waals surface area contributed by atoms with Crippen molar-refractivity contribution in [2.45, 2.75) is 64.9 Å². The summed E-state index contributed by atoms with van der Waals surface area (Å²) in [7, 11) is 0. The number of benzene rings is 1. The number of halogens is 1. The lowest BCUT2D eigenvalue weighted by atomic mass is 9.48. The van der Waals surface area contributed by atoms with Crippen LogP contribution in [0.5, 0.6) is 0 Å². The molecule has 29 heavy (non-hydrogen) atoms. The van der Waals surface area contributed by atoms with Gasteiger partial charge in [0.05, 0.1) is 6.10 Å². The van der Waals surface area contributed by atoms with E-state index in [1.807, 2.05) is 24.3 Å². The first kappa shape index (κ1) is 19.6. The molecule has 3 fully saturated rings. The summed E-state index contributed by atoms with van der Waals surface area (Å²) in [5, 5.41) is 10.9. The van der Waals surface area contributed by atoms with Gasteiger partial charge in [-0.05, 0) is 97.5 Å². The van der Waals surface area contributed by atoms with Crippen LogP contribution >= 0.6 is 11.6 Å². The van der Waals surface area contributed by atoms with E-state index in [1.54, 1.807) is 0 Å². The maximum atomic E-state index is 13.5. The van der Waals surface area contributed by atoms with Gasteiger partial charge in [-0.3, -0.25) is 4.79 Å². The number of carbonyl (C=O) groups excluding carboxylic acids is 1. The molecule has 1 unspecified atom stereocenters. The molecule has 0 aliphatic heterocycles. The summed E-state index contributed by atoms with van der Waals surface area (Å²) in [6, 6.07) is 7.79. The number of ketones is 1. The third kappa shape index (κ3) is 2.98. The van der Waals surface area contributed by atoms with E-state index in [1.165, 1.54) is 5.57 Å². The molecule has 0 saturated heterocycles. The molecule has 154 valence electrons. The summed E-state index contributed by atoms with van der Waals surface area (Å²) < 4.78 is 0. The molecule has 0 bridgehead atoms. The molecule has 0 heterocycles. The highest BCUT2D eigenvalue weighted by molar-refractivity contribution is 6.30. The number of fused-ring (bicyclic) bond motifs is 5.